The third-order valence-corrected chi connectivity index (χ3v) is 5.00. The molecule has 0 spiro atoms. The van der Waals surface area contributed by atoms with Gasteiger partial charge in [-0.1, -0.05) is 49.7 Å². The van der Waals surface area contributed by atoms with Gasteiger partial charge in [0.25, 0.3) is 5.91 Å². The summed E-state index contributed by atoms with van der Waals surface area (Å²) in [4.78, 5) is 19.7. The number of amides is 1. The summed E-state index contributed by atoms with van der Waals surface area (Å²) < 4.78 is 13.1. The standard InChI is InChI=1S/C20H18ClFN2OS/c1-13(2)12-24-19(25)18(11-14-7-9-15(22)10-8-14)26-20(24)23-17-6-4-3-5-16(17)21/h3-11,13H,12H2,1-2H3/b18-11+,23-20?. The van der Waals surface area contributed by atoms with Crippen molar-refractivity contribution in [1.29, 1.82) is 0 Å². The molecule has 1 heterocycles. The zero-order valence-corrected chi connectivity index (χ0v) is 16.0. The Balaban J connectivity index is 1.97. The fourth-order valence-electron chi connectivity index (χ4n) is 2.47. The molecule has 0 bridgehead atoms. The molecule has 0 saturated carbocycles. The Kier molecular flexibility index (Phi) is 5.79. The van der Waals surface area contributed by atoms with E-state index >= 15 is 0 Å². The van der Waals surface area contributed by atoms with Crippen LogP contribution in [0.2, 0.25) is 5.02 Å². The first-order valence-corrected chi connectivity index (χ1v) is 9.43. The largest absolute Gasteiger partial charge is 0.286 e. The first-order chi connectivity index (χ1) is 12.4. The number of benzene rings is 2. The zero-order valence-electron chi connectivity index (χ0n) is 14.4. The molecular weight excluding hydrogens is 371 g/mol. The van der Waals surface area contributed by atoms with E-state index in [2.05, 4.69) is 4.99 Å². The fraction of sp³-hybridized carbons (Fsp3) is 0.200. The maximum absolute atomic E-state index is 13.1. The van der Waals surface area contributed by atoms with Crippen molar-refractivity contribution in [1.82, 2.24) is 4.90 Å². The van der Waals surface area contributed by atoms with Crippen molar-refractivity contribution in [2.24, 2.45) is 10.9 Å². The van der Waals surface area contributed by atoms with Crippen LogP contribution in [-0.2, 0) is 4.79 Å². The number of aliphatic imine (C=N–C) groups is 1. The Morgan fingerprint density at radius 1 is 1.19 bits per heavy atom. The van der Waals surface area contributed by atoms with Gasteiger partial charge < -0.3 is 0 Å². The van der Waals surface area contributed by atoms with Crippen LogP contribution in [0.3, 0.4) is 0 Å². The molecule has 0 N–H and O–H groups in total. The van der Waals surface area contributed by atoms with Gasteiger partial charge in [-0.05, 0) is 53.6 Å². The quantitative estimate of drug-likeness (QED) is 0.625. The molecule has 2 aromatic rings. The van der Waals surface area contributed by atoms with E-state index < -0.39 is 0 Å². The first kappa shape index (κ1) is 18.7. The molecule has 0 radical (unpaired) electrons. The average Bonchev–Trinajstić information content (AvgIpc) is 2.87. The van der Waals surface area contributed by atoms with Crippen LogP contribution in [0.1, 0.15) is 19.4 Å². The van der Waals surface area contributed by atoms with Crippen LogP contribution in [0, 0.1) is 11.7 Å². The summed E-state index contributed by atoms with van der Waals surface area (Å²) in [5.74, 6) is -0.111. The lowest BCUT2D eigenvalue weighted by molar-refractivity contribution is -0.122. The van der Waals surface area contributed by atoms with Crippen molar-refractivity contribution in [3.63, 3.8) is 0 Å². The van der Waals surface area contributed by atoms with Crippen LogP contribution in [0.4, 0.5) is 10.1 Å². The topological polar surface area (TPSA) is 32.7 Å². The summed E-state index contributed by atoms with van der Waals surface area (Å²) in [5.41, 5.74) is 1.40. The van der Waals surface area contributed by atoms with E-state index in [-0.39, 0.29) is 11.7 Å². The summed E-state index contributed by atoms with van der Waals surface area (Å²) in [6.07, 6.45) is 1.76. The van der Waals surface area contributed by atoms with Crippen LogP contribution in [0.15, 0.2) is 58.4 Å². The maximum Gasteiger partial charge on any atom is 0.266 e. The Morgan fingerprint density at radius 3 is 2.54 bits per heavy atom. The molecule has 1 fully saturated rings. The number of carbonyl (C=O) groups is 1. The molecular formula is C20H18ClFN2OS. The molecule has 2 aromatic carbocycles. The van der Waals surface area contributed by atoms with E-state index in [1.807, 2.05) is 32.0 Å². The predicted octanol–water partition coefficient (Wildman–Crippen LogP) is 5.74. The number of thioether (sulfide) groups is 1. The summed E-state index contributed by atoms with van der Waals surface area (Å²) >= 11 is 7.51. The number of hydrogen-bond acceptors (Lipinski definition) is 3. The molecule has 0 aromatic heterocycles. The van der Waals surface area contributed by atoms with Crippen LogP contribution in [-0.4, -0.2) is 22.5 Å². The van der Waals surface area contributed by atoms with Gasteiger partial charge in [0, 0.05) is 6.54 Å². The van der Waals surface area contributed by atoms with Crippen molar-refractivity contribution in [2.45, 2.75) is 13.8 Å². The number of amidine groups is 1. The number of nitrogens with zero attached hydrogens (tertiary/aromatic N) is 2. The highest BCUT2D eigenvalue weighted by atomic mass is 35.5. The second kappa shape index (κ2) is 8.06. The lowest BCUT2D eigenvalue weighted by Gasteiger charge is -2.17. The molecule has 0 unspecified atom stereocenters. The highest BCUT2D eigenvalue weighted by molar-refractivity contribution is 8.18. The Morgan fingerprint density at radius 2 is 1.88 bits per heavy atom. The van der Waals surface area contributed by atoms with E-state index in [1.54, 1.807) is 29.2 Å². The van der Waals surface area contributed by atoms with Gasteiger partial charge >= 0.3 is 0 Å². The minimum absolute atomic E-state index is 0.0983. The first-order valence-electron chi connectivity index (χ1n) is 8.24. The monoisotopic (exact) mass is 388 g/mol. The zero-order chi connectivity index (χ0) is 18.7. The number of halogens is 2. The van der Waals surface area contributed by atoms with Crippen molar-refractivity contribution in [3.05, 3.63) is 69.8 Å². The fourth-order valence-corrected chi connectivity index (χ4v) is 3.65. The lowest BCUT2D eigenvalue weighted by atomic mass is 10.2. The van der Waals surface area contributed by atoms with Gasteiger partial charge in [-0.2, -0.15) is 0 Å². The molecule has 3 nitrogen and oxygen atoms in total. The Hall–Kier alpha value is -2.11. The Labute approximate surface area is 161 Å². The second-order valence-electron chi connectivity index (χ2n) is 6.32. The van der Waals surface area contributed by atoms with E-state index in [0.717, 1.165) is 5.56 Å². The van der Waals surface area contributed by atoms with Gasteiger partial charge in [-0.15, -0.1) is 0 Å². The van der Waals surface area contributed by atoms with Crippen molar-refractivity contribution < 1.29 is 9.18 Å². The SMILES string of the molecule is CC(C)CN1C(=O)/C(=C\c2ccc(F)cc2)SC1=Nc1ccccc1Cl. The third kappa shape index (κ3) is 4.34. The predicted molar refractivity (Wildman–Crippen MR) is 107 cm³/mol. The molecule has 1 amide bonds. The molecule has 3 rings (SSSR count). The van der Waals surface area contributed by atoms with E-state index in [0.29, 0.717) is 33.2 Å². The van der Waals surface area contributed by atoms with Gasteiger partial charge in [-0.25, -0.2) is 9.38 Å². The smallest absolute Gasteiger partial charge is 0.266 e. The molecule has 6 heteroatoms. The van der Waals surface area contributed by atoms with E-state index in [4.69, 9.17) is 11.6 Å². The van der Waals surface area contributed by atoms with Crippen LogP contribution < -0.4 is 0 Å². The van der Waals surface area contributed by atoms with Gasteiger partial charge in [-0.3, -0.25) is 9.69 Å². The van der Waals surface area contributed by atoms with Crippen molar-refractivity contribution >= 4 is 46.2 Å². The number of hydrogen-bond donors (Lipinski definition) is 0. The highest BCUT2D eigenvalue weighted by Crippen LogP contribution is 2.36. The second-order valence-corrected chi connectivity index (χ2v) is 7.73. The van der Waals surface area contributed by atoms with E-state index in [9.17, 15) is 9.18 Å². The normalized spacial score (nSPS) is 17.7. The summed E-state index contributed by atoms with van der Waals surface area (Å²) in [7, 11) is 0. The number of rotatable bonds is 4. The molecule has 26 heavy (non-hydrogen) atoms. The van der Waals surface area contributed by atoms with Crippen molar-refractivity contribution in [2.75, 3.05) is 6.54 Å². The molecule has 0 atom stereocenters. The lowest BCUT2D eigenvalue weighted by Crippen LogP contribution is -2.32. The Bertz CT molecular complexity index is 878. The van der Waals surface area contributed by atoms with Crippen LogP contribution in [0.5, 0.6) is 0 Å². The van der Waals surface area contributed by atoms with Gasteiger partial charge in [0.15, 0.2) is 5.17 Å². The minimum atomic E-state index is -0.306. The minimum Gasteiger partial charge on any atom is -0.286 e. The molecule has 1 aliphatic rings. The molecule has 1 saturated heterocycles. The van der Waals surface area contributed by atoms with Gasteiger partial charge in [0.05, 0.1) is 15.6 Å². The van der Waals surface area contributed by atoms with Crippen molar-refractivity contribution in [3.8, 4) is 0 Å². The van der Waals surface area contributed by atoms with Gasteiger partial charge in [0.2, 0.25) is 0 Å². The summed E-state index contributed by atoms with van der Waals surface area (Å²) in [6.45, 7) is 4.66. The van der Waals surface area contributed by atoms with Gasteiger partial charge in [0.1, 0.15) is 5.82 Å². The van der Waals surface area contributed by atoms with Crippen LogP contribution in [0.25, 0.3) is 6.08 Å². The summed E-state index contributed by atoms with van der Waals surface area (Å²) in [6, 6.07) is 13.3. The maximum atomic E-state index is 13.1. The van der Waals surface area contributed by atoms with E-state index in [1.165, 1.54) is 23.9 Å². The number of carbonyl (C=O) groups excluding carboxylic acids is 1. The molecule has 134 valence electrons. The highest BCUT2D eigenvalue weighted by Gasteiger charge is 2.33. The number of para-hydroxylation sites is 1. The van der Waals surface area contributed by atoms with Crippen LogP contribution >= 0.6 is 23.4 Å². The molecule has 0 aliphatic carbocycles. The molecule has 1 aliphatic heterocycles. The average molecular weight is 389 g/mol. The third-order valence-electron chi connectivity index (χ3n) is 3.67. The summed E-state index contributed by atoms with van der Waals surface area (Å²) in [5, 5.41) is 1.14.